The summed E-state index contributed by atoms with van der Waals surface area (Å²) in [7, 11) is 0. The van der Waals surface area contributed by atoms with Crippen LogP contribution in [0.2, 0.25) is 0 Å². The van der Waals surface area contributed by atoms with Crippen molar-refractivity contribution >= 4 is 11.6 Å². The normalized spacial score (nSPS) is 16.2. The topological polar surface area (TPSA) is 47.6 Å². The molecule has 0 bridgehead atoms. The lowest BCUT2D eigenvalue weighted by molar-refractivity contribution is -0.118. The molecule has 1 aliphatic heterocycles. The Bertz CT molecular complexity index is 696. The number of ether oxygens (including phenoxy) is 2. The maximum Gasteiger partial charge on any atom is 0.228 e. The molecule has 4 nitrogen and oxygen atoms in total. The highest BCUT2D eigenvalue weighted by Crippen LogP contribution is 2.31. The van der Waals surface area contributed by atoms with E-state index in [0.29, 0.717) is 12.4 Å². The molecule has 3 rings (SSSR count). The summed E-state index contributed by atoms with van der Waals surface area (Å²) in [6.45, 7) is 4.46. The first-order valence-electron chi connectivity index (χ1n) is 7.37. The van der Waals surface area contributed by atoms with E-state index in [0.717, 1.165) is 17.0 Å². The molecule has 22 heavy (non-hydrogen) atoms. The number of aryl methyl sites for hydroxylation is 2. The zero-order chi connectivity index (χ0) is 15.5. The standard InChI is InChI=1S/C18H19NO3/c1-12-7-8-14(9-13(12)2)19-18(20)10-15-11-21-16-5-3-4-6-17(16)22-15/h3-9,15H,10-11H2,1-2H3,(H,19,20)/t15-/m0/s1. The Kier molecular flexibility index (Phi) is 4.00. The van der Waals surface area contributed by atoms with Crippen LogP contribution in [-0.4, -0.2) is 18.6 Å². The SMILES string of the molecule is Cc1ccc(NC(=O)C[C@H]2COc3ccccc3O2)cc1C. The van der Waals surface area contributed by atoms with Crippen LogP contribution < -0.4 is 14.8 Å². The summed E-state index contributed by atoms with van der Waals surface area (Å²) in [5.41, 5.74) is 3.17. The monoisotopic (exact) mass is 297 g/mol. The number of benzene rings is 2. The van der Waals surface area contributed by atoms with Gasteiger partial charge in [-0.05, 0) is 49.2 Å². The third-order valence-electron chi connectivity index (χ3n) is 3.77. The minimum atomic E-state index is -0.263. The van der Waals surface area contributed by atoms with Gasteiger partial charge in [-0.2, -0.15) is 0 Å². The second-order valence-corrected chi connectivity index (χ2v) is 5.55. The van der Waals surface area contributed by atoms with Crippen molar-refractivity contribution in [3.63, 3.8) is 0 Å². The third kappa shape index (κ3) is 3.22. The predicted octanol–water partition coefficient (Wildman–Crippen LogP) is 3.47. The van der Waals surface area contributed by atoms with E-state index in [9.17, 15) is 4.79 Å². The van der Waals surface area contributed by atoms with Crippen LogP contribution in [0, 0.1) is 13.8 Å². The molecule has 0 radical (unpaired) electrons. The van der Waals surface area contributed by atoms with Crippen molar-refractivity contribution in [3.05, 3.63) is 53.6 Å². The molecule has 1 amide bonds. The fourth-order valence-corrected chi connectivity index (χ4v) is 2.40. The molecule has 0 aliphatic carbocycles. The molecule has 2 aromatic carbocycles. The fraction of sp³-hybridized carbons (Fsp3) is 0.278. The van der Waals surface area contributed by atoms with Gasteiger partial charge in [0.15, 0.2) is 11.5 Å². The number of carbonyl (C=O) groups is 1. The van der Waals surface area contributed by atoms with E-state index < -0.39 is 0 Å². The van der Waals surface area contributed by atoms with Crippen molar-refractivity contribution in [2.75, 3.05) is 11.9 Å². The van der Waals surface area contributed by atoms with E-state index >= 15 is 0 Å². The molecule has 1 heterocycles. The lowest BCUT2D eigenvalue weighted by atomic mass is 10.1. The number of anilines is 1. The molecule has 0 spiro atoms. The summed E-state index contributed by atoms with van der Waals surface area (Å²) in [5.74, 6) is 1.35. The Morgan fingerprint density at radius 1 is 1.14 bits per heavy atom. The van der Waals surface area contributed by atoms with Gasteiger partial charge in [0.05, 0.1) is 6.42 Å². The van der Waals surface area contributed by atoms with Crippen LogP contribution in [0.4, 0.5) is 5.69 Å². The van der Waals surface area contributed by atoms with E-state index in [1.54, 1.807) is 0 Å². The van der Waals surface area contributed by atoms with Crippen LogP contribution in [0.5, 0.6) is 11.5 Å². The molecule has 0 saturated carbocycles. The maximum absolute atomic E-state index is 12.1. The molecule has 114 valence electrons. The minimum absolute atomic E-state index is 0.0729. The van der Waals surface area contributed by atoms with Gasteiger partial charge in [0.2, 0.25) is 5.91 Å². The molecule has 1 atom stereocenters. The smallest absolute Gasteiger partial charge is 0.228 e. The van der Waals surface area contributed by atoms with Gasteiger partial charge in [-0.25, -0.2) is 0 Å². The zero-order valence-corrected chi connectivity index (χ0v) is 12.8. The number of hydrogen-bond acceptors (Lipinski definition) is 3. The second-order valence-electron chi connectivity index (χ2n) is 5.55. The van der Waals surface area contributed by atoms with Crippen LogP contribution in [0.3, 0.4) is 0 Å². The van der Waals surface area contributed by atoms with Gasteiger partial charge in [0.25, 0.3) is 0 Å². The maximum atomic E-state index is 12.1. The molecule has 1 aliphatic rings. The summed E-state index contributed by atoms with van der Waals surface area (Å²) in [6.07, 6.45) is 0.00259. The molecule has 0 saturated heterocycles. The van der Waals surface area contributed by atoms with Gasteiger partial charge in [-0.1, -0.05) is 18.2 Å². The quantitative estimate of drug-likeness (QED) is 0.943. The van der Waals surface area contributed by atoms with Crippen molar-refractivity contribution in [2.45, 2.75) is 26.4 Å². The molecule has 4 heteroatoms. The number of amides is 1. The van der Waals surface area contributed by atoms with Gasteiger partial charge in [-0.3, -0.25) is 4.79 Å². The number of carbonyl (C=O) groups excluding carboxylic acids is 1. The minimum Gasteiger partial charge on any atom is -0.486 e. The highest BCUT2D eigenvalue weighted by atomic mass is 16.6. The third-order valence-corrected chi connectivity index (χ3v) is 3.77. The van der Waals surface area contributed by atoms with Crippen LogP contribution in [0.15, 0.2) is 42.5 Å². The lowest BCUT2D eigenvalue weighted by Crippen LogP contribution is -2.33. The van der Waals surface area contributed by atoms with Gasteiger partial charge >= 0.3 is 0 Å². The number of rotatable bonds is 3. The van der Waals surface area contributed by atoms with Crippen molar-refractivity contribution in [1.82, 2.24) is 0 Å². The number of nitrogens with one attached hydrogen (secondary N) is 1. The van der Waals surface area contributed by atoms with Gasteiger partial charge in [0, 0.05) is 5.69 Å². The van der Waals surface area contributed by atoms with Crippen LogP contribution in [-0.2, 0) is 4.79 Å². The largest absolute Gasteiger partial charge is 0.486 e. The number of para-hydroxylation sites is 2. The van der Waals surface area contributed by atoms with Gasteiger partial charge in [0.1, 0.15) is 12.7 Å². The van der Waals surface area contributed by atoms with Crippen molar-refractivity contribution in [2.24, 2.45) is 0 Å². The Hall–Kier alpha value is -2.49. The Labute approximate surface area is 130 Å². The van der Waals surface area contributed by atoms with Gasteiger partial charge < -0.3 is 14.8 Å². The van der Waals surface area contributed by atoms with Crippen LogP contribution in [0.1, 0.15) is 17.5 Å². The van der Waals surface area contributed by atoms with Crippen LogP contribution in [0.25, 0.3) is 0 Å². The van der Waals surface area contributed by atoms with Crippen molar-refractivity contribution in [1.29, 1.82) is 0 Å². The number of hydrogen-bond donors (Lipinski definition) is 1. The first kappa shape index (κ1) is 14.4. The van der Waals surface area contributed by atoms with E-state index in [1.807, 2.05) is 56.3 Å². The summed E-state index contributed by atoms with van der Waals surface area (Å²) in [6, 6.07) is 13.4. The van der Waals surface area contributed by atoms with Crippen molar-refractivity contribution < 1.29 is 14.3 Å². The molecule has 0 unspecified atom stereocenters. The van der Waals surface area contributed by atoms with E-state index in [-0.39, 0.29) is 18.4 Å². The van der Waals surface area contributed by atoms with Crippen molar-refractivity contribution in [3.8, 4) is 11.5 Å². The highest BCUT2D eigenvalue weighted by Gasteiger charge is 2.23. The summed E-state index contributed by atoms with van der Waals surface area (Å²) < 4.78 is 11.4. The average molecular weight is 297 g/mol. The summed E-state index contributed by atoms with van der Waals surface area (Å²) >= 11 is 0. The van der Waals surface area contributed by atoms with E-state index in [2.05, 4.69) is 5.32 Å². The molecule has 1 N–H and O–H groups in total. The second kappa shape index (κ2) is 6.10. The first-order chi connectivity index (χ1) is 10.6. The first-order valence-corrected chi connectivity index (χ1v) is 7.37. The molecular weight excluding hydrogens is 278 g/mol. The summed E-state index contributed by atoms with van der Waals surface area (Å²) in [5, 5.41) is 2.91. The summed E-state index contributed by atoms with van der Waals surface area (Å²) in [4.78, 5) is 12.1. The Morgan fingerprint density at radius 3 is 2.68 bits per heavy atom. The molecule has 0 aromatic heterocycles. The molecule has 2 aromatic rings. The number of fused-ring (bicyclic) bond motifs is 1. The molecular formula is C18H19NO3. The fourth-order valence-electron chi connectivity index (χ4n) is 2.40. The van der Waals surface area contributed by atoms with E-state index in [4.69, 9.17) is 9.47 Å². The Morgan fingerprint density at radius 2 is 1.91 bits per heavy atom. The zero-order valence-electron chi connectivity index (χ0n) is 12.8. The van der Waals surface area contributed by atoms with E-state index in [1.165, 1.54) is 5.56 Å². The highest BCUT2D eigenvalue weighted by molar-refractivity contribution is 5.91. The lowest BCUT2D eigenvalue weighted by Gasteiger charge is -2.26. The predicted molar refractivity (Wildman–Crippen MR) is 85.5 cm³/mol. The average Bonchev–Trinajstić information content (AvgIpc) is 2.51. The molecule has 0 fully saturated rings. The van der Waals surface area contributed by atoms with Crippen LogP contribution >= 0.6 is 0 Å². The Balaban J connectivity index is 1.59. The van der Waals surface area contributed by atoms with Gasteiger partial charge in [-0.15, -0.1) is 0 Å².